The largest absolute Gasteiger partial charge is 0.389 e. The fourth-order valence-corrected chi connectivity index (χ4v) is 1.67. The predicted octanol–water partition coefficient (Wildman–Crippen LogP) is 2.39. The Bertz CT molecular complexity index is 539. The van der Waals surface area contributed by atoms with E-state index in [0.717, 1.165) is 0 Å². The molecule has 0 radical (unpaired) electrons. The Kier molecular flexibility index (Phi) is 3.69. The van der Waals surface area contributed by atoms with Crippen LogP contribution >= 0.6 is 0 Å². The van der Waals surface area contributed by atoms with E-state index in [1.54, 1.807) is 43.6 Å². The Labute approximate surface area is 105 Å². The van der Waals surface area contributed by atoms with Gasteiger partial charge in [0.25, 0.3) is 5.91 Å². The van der Waals surface area contributed by atoms with Crippen LogP contribution in [0.2, 0.25) is 0 Å². The van der Waals surface area contributed by atoms with Crippen molar-refractivity contribution in [2.75, 3.05) is 5.32 Å². The average molecular weight is 242 g/mol. The van der Waals surface area contributed by atoms with Crippen LogP contribution in [-0.4, -0.2) is 16.0 Å². The molecule has 1 aromatic carbocycles. The first-order chi connectivity index (χ1) is 8.68. The fourth-order valence-electron chi connectivity index (χ4n) is 1.67. The Morgan fingerprint density at radius 2 is 1.89 bits per heavy atom. The van der Waals surface area contributed by atoms with Gasteiger partial charge in [0.05, 0.1) is 6.10 Å². The highest BCUT2D eigenvalue weighted by Gasteiger charge is 2.11. The van der Waals surface area contributed by atoms with E-state index in [0.29, 0.717) is 16.8 Å². The maximum Gasteiger partial charge on any atom is 0.255 e. The smallest absolute Gasteiger partial charge is 0.255 e. The summed E-state index contributed by atoms with van der Waals surface area (Å²) in [5, 5.41) is 12.4. The molecule has 1 heterocycles. The summed E-state index contributed by atoms with van der Waals surface area (Å²) < 4.78 is 0. The number of aromatic nitrogens is 1. The number of rotatable bonds is 3. The van der Waals surface area contributed by atoms with Crippen molar-refractivity contribution in [2.45, 2.75) is 13.0 Å². The maximum atomic E-state index is 12.0. The van der Waals surface area contributed by atoms with E-state index in [-0.39, 0.29) is 5.91 Å². The molecule has 4 nitrogen and oxygen atoms in total. The van der Waals surface area contributed by atoms with Gasteiger partial charge in [-0.05, 0) is 25.1 Å². The Morgan fingerprint density at radius 3 is 2.56 bits per heavy atom. The van der Waals surface area contributed by atoms with Gasteiger partial charge in [0.2, 0.25) is 0 Å². The third-order valence-electron chi connectivity index (χ3n) is 2.60. The number of pyridine rings is 1. The highest BCUT2D eigenvalue weighted by molar-refractivity contribution is 6.04. The second-order valence-electron chi connectivity index (χ2n) is 3.95. The summed E-state index contributed by atoms with van der Waals surface area (Å²) in [6.07, 6.45) is 2.50. The number of amides is 1. The first-order valence-electron chi connectivity index (χ1n) is 5.67. The van der Waals surface area contributed by atoms with Crippen molar-refractivity contribution in [1.29, 1.82) is 0 Å². The topological polar surface area (TPSA) is 62.2 Å². The van der Waals surface area contributed by atoms with Crippen LogP contribution in [0, 0.1) is 0 Å². The number of para-hydroxylation sites is 1. The minimum absolute atomic E-state index is 0.217. The van der Waals surface area contributed by atoms with Gasteiger partial charge in [-0.25, -0.2) is 0 Å². The lowest BCUT2D eigenvalue weighted by Crippen LogP contribution is -2.13. The molecule has 2 rings (SSSR count). The van der Waals surface area contributed by atoms with Crippen molar-refractivity contribution in [3.8, 4) is 0 Å². The summed E-state index contributed by atoms with van der Waals surface area (Å²) in [5.74, 6) is -0.217. The number of carbonyl (C=O) groups excluding carboxylic acids is 1. The molecular weight excluding hydrogens is 228 g/mol. The number of anilines is 1. The lowest BCUT2D eigenvalue weighted by atomic mass is 10.1. The first kappa shape index (κ1) is 12.3. The van der Waals surface area contributed by atoms with Crippen molar-refractivity contribution in [3.05, 3.63) is 59.9 Å². The number of hydrogen-bond donors (Lipinski definition) is 2. The molecule has 0 aliphatic heterocycles. The molecule has 1 aromatic heterocycles. The molecule has 0 fully saturated rings. The molecule has 2 N–H and O–H groups in total. The molecule has 0 bridgehead atoms. The van der Waals surface area contributed by atoms with E-state index in [4.69, 9.17) is 0 Å². The number of carbonyl (C=O) groups is 1. The summed E-state index contributed by atoms with van der Waals surface area (Å²) in [7, 11) is 0. The lowest BCUT2D eigenvalue weighted by molar-refractivity contribution is 0.102. The fraction of sp³-hybridized carbons (Fsp3) is 0.143. The number of benzene rings is 1. The Hall–Kier alpha value is -2.20. The van der Waals surface area contributed by atoms with Crippen LogP contribution in [-0.2, 0) is 0 Å². The number of aliphatic hydroxyl groups excluding tert-OH is 1. The van der Waals surface area contributed by atoms with Gasteiger partial charge in [-0.3, -0.25) is 9.78 Å². The van der Waals surface area contributed by atoms with E-state index in [2.05, 4.69) is 10.3 Å². The molecule has 92 valence electrons. The molecule has 2 aromatic rings. The molecule has 0 aliphatic carbocycles. The van der Waals surface area contributed by atoms with Gasteiger partial charge in [-0.2, -0.15) is 0 Å². The quantitative estimate of drug-likeness (QED) is 0.868. The molecule has 4 heteroatoms. The normalized spacial score (nSPS) is 11.9. The first-order valence-corrected chi connectivity index (χ1v) is 5.67. The number of nitrogens with one attached hydrogen (secondary N) is 1. The van der Waals surface area contributed by atoms with E-state index < -0.39 is 6.10 Å². The van der Waals surface area contributed by atoms with Crippen LogP contribution < -0.4 is 5.32 Å². The molecule has 18 heavy (non-hydrogen) atoms. The third kappa shape index (κ3) is 2.73. The van der Waals surface area contributed by atoms with Crippen LogP contribution in [0.15, 0.2) is 48.8 Å². The molecule has 0 spiro atoms. The number of aliphatic hydroxyl groups is 1. The van der Waals surface area contributed by atoms with Crippen molar-refractivity contribution < 1.29 is 9.90 Å². The monoisotopic (exact) mass is 242 g/mol. The van der Waals surface area contributed by atoms with Crippen molar-refractivity contribution in [1.82, 2.24) is 4.98 Å². The van der Waals surface area contributed by atoms with Gasteiger partial charge in [0, 0.05) is 29.2 Å². The second-order valence-corrected chi connectivity index (χ2v) is 3.95. The zero-order valence-corrected chi connectivity index (χ0v) is 10.00. The molecule has 0 saturated carbocycles. The minimum atomic E-state index is -0.626. The molecular formula is C14H14N2O2. The molecule has 1 unspecified atom stereocenters. The summed E-state index contributed by atoms with van der Waals surface area (Å²) in [6.45, 7) is 1.66. The SMILES string of the molecule is CC(O)c1ccccc1NC(=O)c1ccncc1. The van der Waals surface area contributed by atoms with E-state index >= 15 is 0 Å². The summed E-state index contributed by atoms with van der Waals surface area (Å²) in [5.41, 5.74) is 1.85. The van der Waals surface area contributed by atoms with Crippen molar-refractivity contribution >= 4 is 11.6 Å². The summed E-state index contributed by atoms with van der Waals surface area (Å²) in [6, 6.07) is 10.5. The average Bonchev–Trinajstić information content (AvgIpc) is 2.40. The van der Waals surface area contributed by atoms with Gasteiger partial charge >= 0.3 is 0 Å². The van der Waals surface area contributed by atoms with Crippen LogP contribution in [0.4, 0.5) is 5.69 Å². The standard InChI is InChI=1S/C14H14N2O2/c1-10(17)12-4-2-3-5-13(12)16-14(18)11-6-8-15-9-7-11/h2-10,17H,1H3,(H,16,18). The van der Waals surface area contributed by atoms with Gasteiger partial charge in [0.15, 0.2) is 0 Å². The van der Waals surface area contributed by atoms with Crippen LogP contribution in [0.3, 0.4) is 0 Å². The van der Waals surface area contributed by atoms with E-state index in [1.807, 2.05) is 12.1 Å². The minimum Gasteiger partial charge on any atom is -0.389 e. The molecule has 0 aliphatic rings. The van der Waals surface area contributed by atoms with Gasteiger partial charge in [-0.1, -0.05) is 18.2 Å². The second kappa shape index (κ2) is 5.42. The highest BCUT2D eigenvalue weighted by atomic mass is 16.3. The lowest BCUT2D eigenvalue weighted by Gasteiger charge is -2.12. The van der Waals surface area contributed by atoms with E-state index in [9.17, 15) is 9.90 Å². The summed E-state index contributed by atoms with van der Waals surface area (Å²) >= 11 is 0. The third-order valence-corrected chi connectivity index (χ3v) is 2.60. The van der Waals surface area contributed by atoms with Crippen molar-refractivity contribution in [3.63, 3.8) is 0 Å². The summed E-state index contributed by atoms with van der Waals surface area (Å²) in [4.78, 5) is 15.8. The van der Waals surface area contributed by atoms with Crippen LogP contribution in [0.25, 0.3) is 0 Å². The Morgan fingerprint density at radius 1 is 1.22 bits per heavy atom. The highest BCUT2D eigenvalue weighted by Crippen LogP contribution is 2.22. The molecule has 1 amide bonds. The molecule has 1 atom stereocenters. The van der Waals surface area contributed by atoms with Gasteiger partial charge in [0.1, 0.15) is 0 Å². The molecule has 0 saturated heterocycles. The van der Waals surface area contributed by atoms with Crippen LogP contribution in [0.5, 0.6) is 0 Å². The van der Waals surface area contributed by atoms with E-state index in [1.165, 1.54) is 0 Å². The zero-order valence-electron chi connectivity index (χ0n) is 10.00. The number of nitrogens with zero attached hydrogens (tertiary/aromatic N) is 1. The number of hydrogen-bond acceptors (Lipinski definition) is 3. The van der Waals surface area contributed by atoms with Gasteiger partial charge < -0.3 is 10.4 Å². The zero-order chi connectivity index (χ0) is 13.0. The predicted molar refractivity (Wildman–Crippen MR) is 69.3 cm³/mol. The maximum absolute atomic E-state index is 12.0. The van der Waals surface area contributed by atoms with Gasteiger partial charge in [-0.15, -0.1) is 0 Å². The van der Waals surface area contributed by atoms with Crippen LogP contribution in [0.1, 0.15) is 28.9 Å². The van der Waals surface area contributed by atoms with Crippen molar-refractivity contribution in [2.24, 2.45) is 0 Å². The Balaban J connectivity index is 2.22.